The maximum atomic E-state index is 11.1. The van der Waals surface area contributed by atoms with E-state index in [9.17, 15) is 4.79 Å². The number of carboxylic acids is 1. The molecule has 2 nitrogen and oxygen atoms in total. The largest absolute Gasteiger partial charge is 0.478 e. The Balaban J connectivity index is 2.89. The number of carboxylic acid groups (broad SMARTS) is 1. The molecule has 0 unspecified atom stereocenters. The third kappa shape index (κ3) is 4.97. The van der Waals surface area contributed by atoms with Crippen molar-refractivity contribution in [3.8, 4) is 0 Å². The van der Waals surface area contributed by atoms with E-state index in [2.05, 4.69) is 32.2 Å². The maximum Gasteiger partial charge on any atom is 0.327 e. The summed E-state index contributed by atoms with van der Waals surface area (Å²) >= 11 is 0. The molecule has 1 aromatic carbocycles. The average molecular weight is 290 g/mol. The molecule has 0 aromatic heterocycles. The summed E-state index contributed by atoms with van der Waals surface area (Å²) in [5.41, 5.74) is 0. The normalized spacial score (nSPS) is 12.4. The summed E-state index contributed by atoms with van der Waals surface area (Å²) < 4.78 is 0. The SMILES string of the molecule is CCCCCC/C(=C\C(=O)O)[Si](C)(C)c1ccccc1. The number of hydrogen-bond donors (Lipinski definition) is 1. The van der Waals surface area contributed by atoms with Crippen molar-refractivity contribution in [2.24, 2.45) is 0 Å². The summed E-state index contributed by atoms with van der Waals surface area (Å²) in [5.74, 6) is -0.813. The molecular formula is C17H26O2Si. The van der Waals surface area contributed by atoms with Crippen molar-refractivity contribution in [1.82, 2.24) is 0 Å². The molecule has 0 bridgehead atoms. The first kappa shape index (κ1) is 16.7. The lowest BCUT2D eigenvalue weighted by Crippen LogP contribution is -2.44. The van der Waals surface area contributed by atoms with Gasteiger partial charge >= 0.3 is 5.97 Å². The van der Waals surface area contributed by atoms with E-state index in [-0.39, 0.29) is 0 Å². The predicted octanol–water partition coefficient (Wildman–Crippen LogP) is 4.12. The Labute approximate surface area is 123 Å². The minimum atomic E-state index is -1.85. The van der Waals surface area contributed by atoms with E-state index in [0.717, 1.165) is 18.0 Å². The highest BCUT2D eigenvalue weighted by atomic mass is 28.3. The molecule has 20 heavy (non-hydrogen) atoms. The summed E-state index contributed by atoms with van der Waals surface area (Å²) in [5, 5.41) is 11.6. The van der Waals surface area contributed by atoms with E-state index in [4.69, 9.17) is 5.11 Å². The third-order valence-electron chi connectivity index (χ3n) is 3.90. The first-order valence-corrected chi connectivity index (χ1v) is 10.5. The number of allylic oxidation sites excluding steroid dienone is 1. The topological polar surface area (TPSA) is 37.3 Å². The predicted molar refractivity (Wildman–Crippen MR) is 88.0 cm³/mol. The molecule has 3 heteroatoms. The van der Waals surface area contributed by atoms with E-state index in [0.29, 0.717) is 0 Å². The summed E-state index contributed by atoms with van der Waals surface area (Å²) in [7, 11) is -1.85. The highest BCUT2D eigenvalue weighted by Gasteiger charge is 2.28. The van der Waals surface area contributed by atoms with E-state index < -0.39 is 14.0 Å². The second-order valence-electron chi connectivity index (χ2n) is 5.81. The Kier molecular flexibility index (Phi) is 6.72. The van der Waals surface area contributed by atoms with Gasteiger partial charge in [0.15, 0.2) is 0 Å². The van der Waals surface area contributed by atoms with Crippen LogP contribution in [0.2, 0.25) is 13.1 Å². The van der Waals surface area contributed by atoms with Gasteiger partial charge in [-0.2, -0.15) is 0 Å². The average Bonchev–Trinajstić information content (AvgIpc) is 2.42. The van der Waals surface area contributed by atoms with Gasteiger partial charge in [0.1, 0.15) is 8.07 Å². The monoisotopic (exact) mass is 290 g/mol. The van der Waals surface area contributed by atoms with Crippen molar-refractivity contribution in [3.63, 3.8) is 0 Å². The van der Waals surface area contributed by atoms with Crippen LogP contribution >= 0.6 is 0 Å². The zero-order chi connectivity index (χ0) is 15.0. The second-order valence-corrected chi connectivity index (χ2v) is 10.3. The second kappa shape index (κ2) is 8.05. The van der Waals surface area contributed by atoms with Gasteiger partial charge in [-0.1, -0.05) is 80.0 Å². The van der Waals surface area contributed by atoms with Gasteiger partial charge in [0.2, 0.25) is 0 Å². The smallest absolute Gasteiger partial charge is 0.327 e. The van der Waals surface area contributed by atoms with E-state index in [1.165, 1.54) is 30.5 Å². The molecule has 0 saturated heterocycles. The zero-order valence-corrected chi connectivity index (χ0v) is 13.9. The van der Waals surface area contributed by atoms with Crippen LogP contribution < -0.4 is 5.19 Å². The molecule has 1 N–H and O–H groups in total. The summed E-state index contributed by atoms with van der Waals surface area (Å²) in [6.45, 7) is 6.69. The molecule has 0 saturated carbocycles. The molecule has 0 aliphatic carbocycles. The first-order valence-electron chi connectivity index (χ1n) is 7.48. The highest BCUT2D eigenvalue weighted by Crippen LogP contribution is 2.21. The van der Waals surface area contributed by atoms with Crippen LogP contribution in [0.1, 0.15) is 39.0 Å². The maximum absolute atomic E-state index is 11.1. The molecular weight excluding hydrogens is 264 g/mol. The molecule has 0 aliphatic rings. The Morgan fingerprint density at radius 1 is 1.15 bits per heavy atom. The van der Waals surface area contributed by atoms with Gasteiger partial charge in [-0.3, -0.25) is 0 Å². The molecule has 1 aromatic rings. The van der Waals surface area contributed by atoms with Gasteiger partial charge in [0.05, 0.1) is 0 Å². The molecule has 110 valence electrons. The van der Waals surface area contributed by atoms with Crippen LogP contribution in [0.25, 0.3) is 0 Å². The lowest BCUT2D eigenvalue weighted by Gasteiger charge is -2.26. The third-order valence-corrected chi connectivity index (χ3v) is 7.67. The Morgan fingerprint density at radius 2 is 1.80 bits per heavy atom. The zero-order valence-electron chi connectivity index (χ0n) is 12.9. The standard InChI is InChI=1S/C17H26O2Si/c1-4-5-6-8-13-16(14-17(18)19)20(2,3)15-11-9-7-10-12-15/h7,9-12,14H,4-6,8,13H2,1-3H3,(H,18,19)/b16-14+. The minimum Gasteiger partial charge on any atom is -0.478 e. The summed E-state index contributed by atoms with van der Waals surface area (Å²) in [4.78, 5) is 11.1. The van der Waals surface area contributed by atoms with Gasteiger partial charge in [-0.05, 0) is 12.8 Å². The van der Waals surface area contributed by atoms with Crippen molar-refractivity contribution >= 4 is 19.2 Å². The fourth-order valence-corrected chi connectivity index (χ4v) is 5.18. The highest BCUT2D eigenvalue weighted by molar-refractivity contribution is 6.95. The fourth-order valence-electron chi connectivity index (χ4n) is 2.50. The number of carbonyl (C=O) groups is 1. The lowest BCUT2D eigenvalue weighted by molar-refractivity contribution is -0.131. The number of hydrogen-bond acceptors (Lipinski definition) is 1. The van der Waals surface area contributed by atoms with Crippen LogP contribution in [0.4, 0.5) is 0 Å². The van der Waals surface area contributed by atoms with E-state index >= 15 is 0 Å². The van der Waals surface area contributed by atoms with Crippen LogP contribution in [-0.4, -0.2) is 19.1 Å². The van der Waals surface area contributed by atoms with Crippen molar-refractivity contribution in [2.45, 2.75) is 52.1 Å². The molecule has 0 fully saturated rings. The van der Waals surface area contributed by atoms with E-state index in [1.807, 2.05) is 18.2 Å². The minimum absolute atomic E-state index is 0.813. The Morgan fingerprint density at radius 3 is 2.35 bits per heavy atom. The number of aliphatic carboxylic acids is 1. The van der Waals surface area contributed by atoms with Crippen LogP contribution in [0.5, 0.6) is 0 Å². The number of benzene rings is 1. The van der Waals surface area contributed by atoms with Crippen LogP contribution in [0.3, 0.4) is 0 Å². The van der Waals surface area contributed by atoms with Crippen molar-refractivity contribution < 1.29 is 9.90 Å². The molecule has 0 spiro atoms. The van der Waals surface area contributed by atoms with Gasteiger partial charge < -0.3 is 5.11 Å². The number of unbranched alkanes of at least 4 members (excludes halogenated alkanes) is 3. The summed E-state index contributed by atoms with van der Waals surface area (Å²) in [6, 6.07) is 10.4. The molecule has 0 amide bonds. The van der Waals surface area contributed by atoms with Crippen LogP contribution in [0, 0.1) is 0 Å². The van der Waals surface area contributed by atoms with Gasteiger partial charge in [-0.15, -0.1) is 0 Å². The van der Waals surface area contributed by atoms with Crippen LogP contribution in [0.15, 0.2) is 41.6 Å². The van der Waals surface area contributed by atoms with E-state index in [1.54, 1.807) is 0 Å². The van der Waals surface area contributed by atoms with Gasteiger partial charge in [0.25, 0.3) is 0 Å². The molecule has 1 rings (SSSR count). The van der Waals surface area contributed by atoms with Crippen molar-refractivity contribution in [1.29, 1.82) is 0 Å². The van der Waals surface area contributed by atoms with Gasteiger partial charge in [0, 0.05) is 6.08 Å². The van der Waals surface area contributed by atoms with Gasteiger partial charge in [-0.25, -0.2) is 4.79 Å². The molecule has 0 aliphatic heterocycles. The van der Waals surface area contributed by atoms with Crippen molar-refractivity contribution in [3.05, 3.63) is 41.6 Å². The molecule has 0 heterocycles. The summed E-state index contributed by atoms with van der Waals surface area (Å²) in [6.07, 6.45) is 7.10. The number of rotatable bonds is 8. The fraction of sp³-hybridized carbons (Fsp3) is 0.471. The first-order chi connectivity index (χ1) is 9.48. The Hall–Kier alpha value is -1.35. The van der Waals surface area contributed by atoms with Crippen LogP contribution in [-0.2, 0) is 4.79 Å². The molecule has 0 radical (unpaired) electrons. The Bertz CT molecular complexity index is 449. The lowest BCUT2D eigenvalue weighted by atomic mass is 10.1. The molecule has 0 atom stereocenters. The quantitative estimate of drug-likeness (QED) is 0.444. The van der Waals surface area contributed by atoms with Crippen molar-refractivity contribution in [2.75, 3.05) is 0 Å².